The van der Waals surface area contributed by atoms with E-state index in [0.29, 0.717) is 0 Å². The number of benzene rings is 3. The molecule has 1 saturated heterocycles. The molecule has 45 heavy (non-hydrogen) atoms. The lowest BCUT2D eigenvalue weighted by Gasteiger charge is -2.42. The molecule has 6 rings (SSSR count). The highest BCUT2D eigenvalue weighted by atomic mass is 16.7. The molecule has 13 nitrogen and oxygen atoms in total. The Hall–Kier alpha value is -4.53. The summed E-state index contributed by atoms with van der Waals surface area (Å²) in [5.41, 5.74) is 3.63. The number of hydrogen-bond donors (Lipinski definition) is 7. The molecule has 0 bridgehead atoms. The fourth-order valence-electron chi connectivity index (χ4n) is 6.28. The van der Waals surface area contributed by atoms with Gasteiger partial charge < -0.3 is 45.5 Å². The number of carbonyl (C=O) groups is 3. The van der Waals surface area contributed by atoms with Gasteiger partial charge in [-0.25, -0.2) is 4.79 Å². The normalized spacial score (nSPS) is 27.2. The molecule has 2 aliphatic carbocycles. The predicted octanol–water partition coefficient (Wildman–Crippen LogP) is 2.39. The molecule has 0 unspecified atom stereocenters. The monoisotopic (exact) mass is 620 g/mol. The zero-order chi connectivity index (χ0) is 32.2. The SMILES string of the molecule is C[C@@H]1O[C@@H](O[C@H]2C[C@](O)(COC(=O)Nc3cccc(O)c3)Cc3c(O)c4c(c(O)c32)C(=O)c2ccccc2C4=O)C[C@H](N)[C@@H]1O. The first-order chi connectivity index (χ1) is 21.4. The molecule has 1 amide bonds. The highest BCUT2D eigenvalue weighted by Crippen LogP contribution is 2.52. The zero-order valence-corrected chi connectivity index (χ0v) is 24.1. The second kappa shape index (κ2) is 11.4. The first kappa shape index (κ1) is 30.5. The van der Waals surface area contributed by atoms with Crippen molar-refractivity contribution in [3.8, 4) is 17.2 Å². The summed E-state index contributed by atoms with van der Waals surface area (Å²) in [4.78, 5) is 39.6. The molecule has 0 spiro atoms. The Morgan fingerprint density at radius 2 is 1.71 bits per heavy atom. The van der Waals surface area contributed by atoms with E-state index in [4.69, 9.17) is 19.9 Å². The van der Waals surface area contributed by atoms with E-state index in [9.17, 15) is 39.9 Å². The number of rotatable bonds is 5. The van der Waals surface area contributed by atoms with Crippen molar-refractivity contribution in [2.45, 2.75) is 62.4 Å². The molecule has 0 aromatic heterocycles. The van der Waals surface area contributed by atoms with Crippen LogP contribution in [-0.2, 0) is 20.6 Å². The van der Waals surface area contributed by atoms with Crippen LogP contribution in [-0.4, -0.2) is 79.9 Å². The van der Waals surface area contributed by atoms with Gasteiger partial charge in [-0.15, -0.1) is 0 Å². The van der Waals surface area contributed by atoms with E-state index in [2.05, 4.69) is 5.32 Å². The van der Waals surface area contributed by atoms with E-state index < -0.39 is 84.0 Å². The number of phenols is 3. The fourth-order valence-corrected chi connectivity index (χ4v) is 6.28. The summed E-state index contributed by atoms with van der Waals surface area (Å²) in [6.45, 7) is 0.996. The van der Waals surface area contributed by atoms with Crippen LogP contribution < -0.4 is 11.1 Å². The molecule has 8 N–H and O–H groups in total. The largest absolute Gasteiger partial charge is 0.508 e. The van der Waals surface area contributed by atoms with Gasteiger partial charge in [-0.05, 0) is 19.1 Å². The number of aliphatic hydroxyl groups is 2. The molecule has 1 heterocycles. The standard InChI is InChI=1S/C32H32N2O11/c1-14-26(36)20(33)10-22(44-14)45-21-12-32(42,13-43-31(41)34-15-5-4-6-16(35)9-15)11-19-23(21)30(40)25-24(29(19)39)27(37)17-7-2-3-8-18(17)28(25)38/h2-9,14,20-22,26,35-36,39-40,42H,10-13,33H2,1H3,(H,34,41)/t14-,20-,21-,22-,26+,32-/m0/s1. The Bertz CT molecular complexity index is 1700. The lowest BCUT2D eigenvalue weighted by atomic mass is 9.73. The fraction of sp³-hybridized carbons (Fsp3) is 0.344. The lowest BCUT2D eigenvalue weighted by molar-refractivity contribution is -0.248. The number of nitrogens with one attached hydrogen (secondary N) is 1. The van der Waals surface area contributed by atoms with Crippen LogP contribution in [0.5, 0.6) is 17.2 Å². The number of fused-ring (bicyclic) bond motifs is 3. The van der Waals surface area contributed by atoms with E-state index in [1.807, 2.05) is 0 Å². The van der Waals surface area contributed by atoms with Crippen molar-refractivity contribution in [3.05, 3.63) is 81.9 Å². The summed E-state index contributed by atoms with van der Waals surface area (Å²) >= 11 is 0. The van der Waals surface area contributed by atoms with Crippen molar-refractivity contribution >= 4 is 23.3 Å². The molecule has 0 saturated carbocycles. The van der Waals surface area contributed by atoms with Crippen LogP contribution in [0.25, 0.3) is 0 Å². The van der Waals surface area contributed by atoms with Crippen molar-refractivity contribution in [2.24, 2.45) is 5.73 Å². The number of hydrogen-bond acceptors (Lipinski definition) is 12. The van der Waals surface area contributed by atoms with Crippen molar-refractivity contribution in [1.82, 2.24) is 0 Å². The molecule has 236 valence electrons. The van der Waals surface area contributed by atoms with Gasteiger partial charge in [0.15, 0.2) is 17.9 Å². The first-order valence-electron chi connectivity index (χ1n) is 14.4. The second-order valence-corrected chi connectivity index (χ2v) is 11.7. The number of carbonyl (C=O) groups excluding carboxylic acids is 3. The smallest absolute Gasteiger partial charge is 0.411 e. The van der Waals surface area contributed by atoms with Crippen LogP contribution in [0.15, 0.2) is 48.5 Å². The maximum Gasteiger partial charge on any atom is 0.411 e. The number of aliphatic hydroxyl groups excluding tert-OH is 1. The van der Waals surface area contributed by atoms with Gasteiger partial charge in [0.05, 0.1) is 29.4 Å². The van der Waals surface area contributed by atoms with Crippen LogP contribution in [0.4, 0.5) is 10.5 Å². The van der Waals surface area contributed by atoms with Gasteiger partial charge in [0.2, 0.25) is 0 Å². The van der Waals surface area contributed by atoms with E-state index in [1.54, 1.807) is 19.1 Å². The summed E-state index contributed by atoms with van der Waals surface area (Å²) in [5, 5.41) is 57.2. The summed E-state index contributed by atoms with van der Waals surface area (Å²) in [6, 6.07) is 11.1. The Balaban J connectivity index is 1.37. The Kier molecular flexibility index (Phi) is 7.75. The summed E-state index contributed by atoms with van der Waals surface area (Å²) < 4.78 is 17.3. The summed E-state index contributed by atoms with van der Waals surface area (Å²) in [7, 11) is 0. The summed E-state index contributed by atoms with van der Waals surface area (Å²) in [5.74, 6) is -2.65. The maximum absolute atomic E-state index is 13.5. The predicted molar refractivity (Wildman–Crippen MR) is 156 cm³/mol. The average Bonchev–Trinajstić information content (AvgIpc) is 2.99. The molecule has 1 aliphatic heterocycles. The molecule has 13 heteroatoms. The molecule has 6 atom stereocenters. The molecule has 3 aromatic rings. The second-order valence-electron chi connectivity index (χ2n) is 11.7. The lowest BCUT2D eigenvalue weighted by Crippen LogP contribution is -2.52. The van der Waals surface area contributed by atoms with Crippen LogP contribution in [0, 0.1) is 0 Å². The third-order valence-corrected chi connectivity index (χ3v) is 8.48. The van der Waals surface area contributed by atoms with E-state index >= 15 is 0 Å². The molecular weight excluding hydrogens is 588 g/mol. The number of phenolic OH excluding ortho intramolecular Hbond substituents is 3. The van der Waals surface area contributed by atoms with Gasteiger partial charge in [-0.3, -0.25) is 14.9 Å². The van der Waals surface area contributed by atoms with Gasteiger partial charge in [-0.2, -0.15) is 0 Å². The van der Waals surface area contributed by atoms with Crippen LogP contribution in [0.1, 0.15) is 68.8 Å². The van der Waals surface area contributed by atoms with Gasteiger partial charge >= 0.3 is 6.09 Å². The molecule has 3 aliphatic rings. The number of anilines is 1. The number of nitrogens with two attached hydrogens (primary N) is 1. The Morgan fingerprint density at radius 3 is 2.36 bits per heavy atom. The van der Waals surface area contributed by atoms with Crippen molar-refractivity contribution < 1.29 is 54.1 Å². The molecular formula is C32H32N2O11. The topological polar surface area (TPSA) is 218 Å². The van der Waals surface area contributed by atoms with Gasteiger partial charge in [0, 0.05) is 59.3 Å². The molecule has 0 radical (unpaired) electrons. The Morgan fingerprint density at radius 1 is 1.04 bits per heavy atom. The van der Waals surface area contributed by atoms with Gasteiger partial charge in [0.1, 0.15) is 29.5 Å². The quantitative estimate of drug-likeness (QED) is 0.160. The van der Waals surface area contributed by atoms with E-state index in [0.717, 1.165) is 0 Å². The average molecular weight is 621 g/mol. The number of aromatic hydroxyl groups is 3. The van der Waals surface area contributed by atoms with E-state index in [1.165, 1.54) is 36.4 Å². The van der Waals surface area contributed by atoms with Crippen molar-refractivity contribution in [1.29, 1.82) is 0 Å². The number of ketones is 2. The minimum Gasteiger partial charge on any atom is -0.508 e. The van der Waals surface area contributed by atoms with Gasteiger partial charge in [0.25, 0.3) is 0 Å². The zero-order valence-electron chi connectivity index (χ0n) is 24.1. The van der Waals surface area contributed by atoms with Crippen LogP contribution >= 0.6 is 0 Å². The number of ether oxygens (including phenoxy) is 3. The van der Waals surface area contributed by atoms with Crippen LogP contribution in [0.3, 0.4) is 0 Å². The van der Waals surface area contributed by atoms with E-state index in [-0.39, 0.29) is 52.1 Å². The highest BCUT2D eigenvalue weighted by molar-refractivity contribution is 6.30. The number of amides is 1. The molecule has 3 aromatic carbocycles. The van der Waals surface area contributed by atoms with Crippen LogP contribution in [0.2, 0.25) is 0 Å². The third-order valence-electron chi connectivity index (χ3n) is 8.48. The molecule has 1 fully saturated rings. The Labute approximate surface area is 256 Å². The minimum absolute atomic E-state index is 0.0309. The van der Waals surface area contributed by atoms with Crippen molar-refractivity contribution in [3.63, 3.8) is 0 Å². The first-order valence-corrected chi connectivity index (χ1v) is 14.4. The minimum atomic E-state index is -1.90. The van der Waals surface area contributed by atoms with Gasteiger partial charge in [-0.1, -0.05) is 30.3 Å². The van der Waals surface area contributed by atoms with Crippen molar-refractivity contribution in [2.75, 3.05) is 11.9 Å². The third kappa shape index (κ3) is 5.49. The maximum atomic E-state index is 13.5. The highest BCUT2D eigenvalue weighted by Gasteiger charge is 2.48. The summed E-state index contributed by atoms with van der Waals surface area (Å²) in [6.07, 6.45) is -5.54.